The number of hydrogen-bond acceptors (Lipinski definition) is 6. The molecule has 0 saturated carbocycles. The molecule has 5 rings (SSSR count). The van der Waals surface area contributed by atoms with E-state index in [-0.39, 0.29) is 5.56 Å². The number of rotatable bonds is 5. The van der Waals surface area contributed by atoms with Gasteiger partial charge in [-0.1, -0.05) is 41.6 Å². The van der Waals surface area contributed by atoms with Gasteiger partial charge in [0.05, 0.1) is 15.9 Å². The zero-order chi connectivity index (χ0) is 20.7. The van der Waals surface area contributed by atoms with Crippen LogP contribution >= 0.6 is 23.4 Å². The second kappa shape index (κ2) is 7.70. The van der Waals surface area contributed by atoms with Crippen LogP contribution < -0.4 is 15.0 Å². The zero-order valence-electron chi connectivity index (χ0n) is 15.9. The van der Waals surface area contributed by atoms with E-state index in [1.54, 1.807) is 10.6 Å². The second-order valence-corrected chi connectivity index (χ2v) is 8.08. The van der Waals surface area contributed by atoms with Crippen molar-refractivity contribution >= 4 is 40.0 Å². The van der Waals surface area contributed by atoms with Gasteiger partial charge < -0.3 is 9.47 Å². The Morgan fingerprint density at radius 2 is 2.03 bits per heavy atom. The lowest BCUT2D eigenvalue weighted by Crippen LogP contribution is -2.22. The molecule has 4 aromatic rings. The van der Waals surface area contributed by atoms with E-state index in [9.17, 15) is 4.79 Å². The third-order valence-corrected chi connectivity index (χ3v) is 6.10. The molecule has 0 aliphatic carbocycles. The number of benzene rings is 2. The molecule has 30 heavy (non-hydrogen) atoms. The van der Waals surface area contributed by atoms with E-state index in [1.807, 2.05) is 40.8 Å². The van der Waals surface area contributed by atoms with Crippen LogP contribution in [0.25, 0.3) is 16.7 Å². The lowest BCUT2D eigenvalue weighted by Gasteiger charge is -2.20. The maximum atomic E-state index is 12.9. The highest BCUT2D eigenvalue weighted by Crippen LogP contribution is 2.39. The quantitative estimate of drug-likeness (QED) is 0.345. The first-order valence-corrected chi connectivity index (χ1v) is 10.7. The highest BCUT2D eigenvalue weighted by molar-refractivity contribution is 7.98. The van der Waals surface area contributed by atoms with Gasteiger partial charge in [0.2, 0.25) is 5.78 Å². The molecular formula is C21H17ClN4O3S. The van der Waals surface area contributed by atoms with Crippen LogP contribution in [-0.4, -0.2) is 32.4 Å². The minimum Gasteiger partial charge on any atom is -0.486 e. The van der Waals surface area contributed by atoms with E-state index in [0.717, 1.165) is 11.1 Å². The van der Waals surface area contributed by atoms with Crippen LogP contribution in [0.3, 0.4) is 0 Å². The fraction of sp³-hybridized carbons (Fsp3) is 0.190. The molecule has 0 spiro atoms. The van der Waals surface area contributed by atoms with Gasteiger partial charge in [0.25, 0.3) is 5.56 Å². The molecule has 1 aliphatic rings. The van der Waals surface area contributed by atoms with Gasteiger partial charge in [-0.2, -0.15) is 0 Å². The fourth-order valence-electron chi connectivity index (χ4n) is 3.52. The third kappa shape index (κ3) is 3.12. The highest BCUT2D eigenvalue weighted by Gasteiger charge is 2.19. The van der Waals surface area contributed by atoms with Crippen molar-refractivity contribution in [1.29, 1.82) is 0 Å². The molecule has 0 atom stereocenters. The van der Waals surface area contributed by atoms with E-state index in [2.05, 4.69) is 16.8 Å². The lowest BCUT2D eigenvalue weighted by molar-refractivity contribution is 0.171. The largest absolute Gasteiger partial charge is 0.486 e. The van der Waals surface area contributed by atoms with Gasteiger partial charge in [-0.3, -0.25) is 13.8 Å². The van der Waals surface area contributed by atoms with Crippen LogP contribution in [0.5, 0.6) is 11.5 Å². The summed E-state index contributed by atoms with van der Waals surface area (Å²) in [6, 6.07) is 11.3. The summed E-state index contributed by atoms with van der Waals surface area (Å²) in [6.07, 6.45) is 1.68. The molecule has 0 N–H and O–H groups in total. The van der Waals surface area contributed by atoms with E-state index in [4.69, 9.17) is 21.1 Å². The first-order valence-electron chi connectivity index (χ1n) is 9.36. The van der Waals surface area contributed by atoms with E-state index in [0.29, 0.717) is 58.4 Å². The summed E-state index contributed by atoms with van der Waals surface area (Å²) in [5.41, 5.74) is 1.64. The van der Waals surface area contributed by atoms with Crippen molar-refractivity contribution < 1.29 is 9.47 Å². The number of allylic oxidation sites excluding steroid dienone is 1. The predicted molar refractivity (Wildman–Crippen MR) is 117 cm³/mol. The maximum Gasteiger partial charge on any atom is 0.263 e. The molecule has 0 bridgehead atoms. The summed E-state index contributed by atoms with van der Waals surface area (Å²) in [4.78, 5) is 12.9. The molecule has 3 heterocycles. The monoisotopic (exact) mass is 440 g/mol. The molecular weight excluding hydrogens is 424 g/mol. The topological polar surface area (TPSA) is 70.7 Å². The Morgan fingerprint density at radius 3 is 2.90 bits per heavy atom. The van der Waals surface area contributed by atoms with Gasteiger partial charge in [-0.25, -0.2) is 0 Å². The minimum absolute atomic E-state index is 0.111. The number of aromatic nitrogens is 4. The Bertz CT molecular complexity index is 1350. The Kier molecular flexibility index (Phi) is 4.88. The van der Waals surface area contributed by atoms with Crippen LogP contribution in [-0.2, 0) is 12.3 Å². The number of nitrogens with zero attached hydrogens (tertiary/aromatic N) is 4. The van der Waals surface area contributed by atoms with E-state index >= 15 is 0 Å². The first kappa shape index (κ1) is 19.0. The van der Waals surface area contributed by atoms with Crippen LogP contribution in [0.15, 0.2) is 59.0 Å². The molecule has 1 aliphatic heterocycles. The lowest BCUT2D eigenvalue weighted by atomic mass is 10.2. The van der Waals surface area contributed by atoms with Crippen molar-refractivity contribution in [1.82, 2.24) is 19.2 Å². The van der Waals surface area contributed by atoms with Crippen molar-refractivity contribution in [3.63, 3.8) is 0 Å². The molecule has 0 unspecified atom stereocenters. The number of ether oxygens (including phenoxy) is 2. The van der Waals surface area contributed by atoms with Gasteiger partial charge in [0, 0.05) is 12.3 Å². The Hall–Kier alpha value is -2.97. The average molecular weight is 441 g/mol. The van der Waals surface area contributed by atoms with Crippen molar-refractivity contribution in [3.8, 4) is 11.5 Å². The second-order valence-electron chi connectivity index (χ2n) is 6.73. The molecule has 2 aromatic carbocycles. The number of hydrogen-bond donors (Lipinski definition) is 0. The third-order valence-electron chi connectivity index (χ3n) is 4.81. The molecule has 0 amide bonds. The summed E-state index contributed by atoms with van der Waals surface area (Å²) in [6.45, 7) is 5.10. The minimum atomic E-state index is -0.111. The van der Waals surface area contributed by atoms with Crippen molar-refractivity contribution in [2.45, 2.75) is 17.5 Å². The molecule has 0 radical (unpaired) electrons. The highest BCUT2D eigenvalue weighted by atomic mass is 35.5. The van der Waals surface area contributed by atoms with Gasteiger partial charge in [0.15, 0.2) is 16.7 Å². The molecule has 0 saturated heterocycles. The smallest absolute Gasteiger partial charge is 0.263 e. The maximum absolute atomic E-state index is 12.9. The number of thioether (sulfide) groups is 1. The summed E-state index contributed by atoms with van der Waals surface area (Å²) < 4.78 is 14.7. The molecule has 2 aromatic heterocycles. The normalized spacial score (nSPS) is 13.1. The van der Waals surface area contributed by atoms with Crippen LogP contribution in [0.1, 0.15) is 5.56 Å². The Morgan fingerprint density at radius 1 is 1.20 bits per heavy atom. The standard InChI is InChI=1S/C21H17ClN4O3S/c1-2-7-25-19(27)14-5-3-4-6-16(14)26-20(25)23-24-21(26)30-12-13-10-15(22)18-17(11-13)28-8-9-29-18/h2-6,10-11H,1,7-9,12H2. The van der Waals surface area contributed by atoms with Crippen molar-refractivity contribution in [2.24, 2.45) is 0 Å². The van der Waals surface area contributed by atoms with Gasteiger partial charge in [-0.15, -0.1) is 16.8 Å². The zero-order valence-corrected chi connectivity index (χ0v) is 17.4. The van der Waals surface area contributed by atoms with Gasteiger partial charge >= 0.3 is 0 Å². The van der Waals surface area contributed by atoms with Crippen LogP contribution in [0.2, 0.25) is 5.02 Å². The number of halogens is 1. The number of para-hydroxylation sites is 1. The molecule has 7 nitrogen and oxygen atoms in total. The predicted octanol–water partition coefficient (Wildman–Crippen LogP) is 3.95. The van der Waals surface area contributed by atoms with Crippen LogP contribution in [0.4, 0.5) is 0 Å². The van der Waals surface area contributed by atoms with Crippen molar-refractivity contribution in [3.05, 3.63) is 70.0 Å². The Labute approximate surface area is 180 Å². The Balaban J connectivity index is 1.57. The molecule has 152 valence electrons. The molecule has 9 heteroatoms. The van der Waals surface area contributed by atoms with E-state index < -0.39 is 0 Å². The summed E-state index contributed by atoms with van der Waals surface area (Å²) in [5.74, 6) is 2.33. The fourth-order valence-corrected chi connectivity index (χ4v) is 4.67. The summed E-state index contributed by atoms with van der Waals surface area (Å²) in [5, 5.41) is 10.5. The number of fused-ring (bicyclic) bond motifs is 4. The summed E-state index contributed by atoms with van der Waals surface area (Å²) in [7, 11) is 0. The van der Waals surface area contributed by atoms with Gasteiger partial charge in [-0.05, 0) is 29.8 Å². The SMILES string of the molecule is C=CCn1c(=O)c2ccccc2n2c(SCc3cc(Cl)c4c(c3)OCCO4)nnc12. The van der Waals surface area contributed by atoms with Crippen LogP contribution in [0, 0.1) is 0 Å². The molecule has 0 fully saturated rings. The van der Waals surface area contributed by atoms with Gasteiger partial charge in [0.1, 0.15) is 13.2 Å². The summed E-state index contributed by atoms with van der Waals surface area (Å²) >= 11 is 7.87. The van der Waals surface area contributed by atoms with E-state index in [1.165, 1.54) is 11.8 Å². The first-order chi connectivity index (χ1) is 14.7. The van der Waals surface area contributed by atoms with Crippen molar-refractivity contribution in [2.75, 3.05) is 13.2 Å². The average Bonchev–Trinajstić information content (AvgIpc) is 3.19.